The van der Waals surface area contributed by atoms with E-state index in [1.807, 2.05) is 0 Å². The van der Waals surface area contributed by atoms with Crippen LogP contribution in [0, 0.1) is 5.92 Å². The van der Waals surface area contributed by atoms with E-state index in [0.29, 0.717) is 11.4 Å². The molecule has 0 aromatic heterocycles. The van der Waals surface area contributed by atoms with E-state index in [-0.39, 0.29) is 18.2 Å². The van der Waals surface area contributed by atoms with E-state index in [9.17, 15) is 19.2 Å². The molecule has 2 atom stereocenters. The fourth-order valence-electron chi connectivity index (χ4n) is 2.33. The summed E-state index contributed by atoms with van der Waals surface area (Å²) in [4.78, 5) is 46.1. The molecule has 23 heavy (non-hydrogen) atoms. The van der Waals surface area contributed by atoms with Crippen LogP contribution in [0.5, 0.6) is 0 Å². The number of benzene rings is 1. The predicted molar refractivity (Wildman–Crippen MR) is 83.6 cm³/mol. The van der Waals surface area contributed by atoms with Crippen LogP contribution in [-0.4, -0.2) is 29.8 Å². The van der Waals surface area contributed by atoms with E-state index in [1.54, 1.807) is 31.2 Å². The molecule has 0 aliphatic carbocycles. The first-order valence-corrected chi connectivity index (χ1v) is 7.14. The van der Waals surface area contributed by atoms with Gasteiger partial charge in [0.05, 0.1) is 5.92 Å². The van der Waals surface area contributed by atoms with Crippen molar-refractivity contribution in [1.82, 2.24) is 10.6 Å². The van der Waals surface area contributed by atoms with Gasteiger partial charge in [0.2, 0.25) is 17.7 Å². The summed E-state index contributed by atoms with van der Waals surface area (Å²) in [6.45, 7) is 3.06. The van der Waals surface area contributed by atoms with E-state index >= 15 is 0 Å². The number of hydrogen-bond donors (Lipinski definition) is 4. The molecule has 0 radical (unpaired) electrons. The van der Waals surface area contributed by atoms with Gasteiger partial charge in [0.1, 0.15) is 0 Å². The van der Waals surface area contributed by atoms with Crippen molar-refractivity contribution in [3.8, 4) is 0 Å². The summed E-state index contributed by atoms with van der Waals surface area (Å²) in [7, 11) is 0. The molecule has 1 saturated heterocycles. The minimum absolute atomic E-state index is 0.0579. The van der Waals surface area contributed by atoms with Crippen LogP contribution in [0.3, 0.4) is 0 Å². The molecule has 4 N–H and O–H groups in total. The summed E-state index contributed by atoms with van der Waals surface area (Å²) in [5, 5.41) is 9.99. The van der Waals surface area contributed by atoms with Gasteiger partial charge in [-0.15, -0.1) is 0 Å². The normalized spacial score (nSPS) is 20.3. The average Bonchev–Trinajstić information content (AvgIpc) is 2.42. The lowest BCUT2D eigenvalue weighted by molar-refractivity contribution is -0.129. The number of carbonyl (C=O) groups excluding carboxylic acids is 4. The van der Waals surface area contributed by atoms with Crippen molar-refractivity contribution in [3.63, 3.8) is 0 Å². The van der Waals surface area contributed by atoms with Crippen molar-refractivity contribution in [2.45, 2.75) is 26.3 Å². The van der Waals surface area contributed by atoms with Crippen molar-refractivity contribution in [2.75, 3.05) is 10.6 Å². The third-order valence-corrected chi connectivity index (χ3v) is 3.41. The van der Waals surface area contributed by atoms with Crippen LogP contribution in [0.2, 0.25) is 0 Å². The zero-order valence-electron chi connectivity index (χ0n) is 12.8. The maximum atomic E-state index is 12.1. The lowest BCUT2D eigenvalue weighted by Crippen LogP contribution is -2.57. The number of hydrogen-bond acceptors (Lipinski definition) is 4. The van der Waals surface area contributed by atoms with Crippen LogP contribution in [-0.2, 0) is 14.4 Å². The molecule has 0 saturated carbocycles. The van der Waals surface area contributed by atoms with Gasteiger partial charge in [-0.25, -0.2) is 4.79 Å². The first kappa shape index (κ1) is 16.5. The Bertz CT molecular complexity index is 659. The second kappa shape index (κ2) is 6.91. The number of anilines is 2. The van der Waals surface area contributed by atoms with Crippen LogP contribution in [0.4, 0.5) is 16.2 Å². The highest BCUT2D eigenvalue weighted by Crippen LogP contribution is 2.18. The third-order valence-electron chi connectivity index (χ3n) is 3.41. The summed E-state index contributed by atoms with van der Waals surface area (Å²) in [6, 6.07) is 5.70. The molecule has 1 fully saturated rings. The molecule has 8 heteroatoms. The summed E-state index contributed by atoms with van der Waals surface area (Å²) < 4.78 is 0. The van der Waals surface area contributed by atoms with Crippen molar-refractivity contribution in [1.29, 1.82) is 0 Å². The molecule has 0 bridgehead atoms. The summed E-state index contributed by atoms with van der Waals surface area (Å²) in [6.07, 6.45) is -0.0579. The molecule has 1 aromatic carbocycles. The maximum absolute atomic E-state index is 12.1. The van der Waals surface area contributed by atoms with Crippen molar-refractivity contribution in [2.24, 2.45) is 5.92 Å². The number of carbonyl (C=O) groups is 4. The maximum Gasteiger partial charge on any atom is 0.321 e. The fourth-order valence-corrected chi connectivity index (χ4v) is 2.33. The van der Waals surface area contributed by atoms with Crippen molar-refractivity contribution < 1.29 is 19.2 Å². The van der Waals surface area contributed by atoms with Gasteiger partial charge in [0.15, 0.2) is 0 Å². The lowest BCUT2D eigenvalue weighted by Gasteiger charge is -2.28. The van der Waals surface area contributed by atoms with Gasteiger partial charge in [-0.05, 0) is 25.1 Å². The van der Waals surface area contributed by atoms with Gasteiger partial charge in [0.25, 0.3) is 0 Å². The Morgan fingerprint density at radius 1 is 1.17 bits per heavy atom. The highest BCUT2D eigenvalue weighted by Gasteiger charge is 2.34. The van der Waals surface area contributed by atoms with Crippen LogP contribution in [0.15, 0.2) is 24.3 Å². The van der Waals surface area contributed by atoms with Gasteiger partial charge in [-0.1, -0.05) is 6.07 Å². The van der Waals surface area contributed by atoms with Gasteiger partial charge in [0, 0.05) is 30.8 Å². The van der Waals surface area contributed by atoms with Gasteiger partial charge in [-0.3, -0.25) is 19.7 Å². The SMILES string of the molecule is CC(=O)Nc1cccc(NC(=O)CC2C(=O)NC(=O)NC2C)c1. The first-order chi connectivity index (χ1) is 10.8. The number of rotatable bonds is 4. The molecule has 1 aliphatic heterocycles. The highest BCUT2D eigenvalue weighted by molar-refractivity contribution is 6.01. The van der Waals surface area contributed by atoms with E-state index < -0.39 is 23.9 Å². The zero-order chi connectivity index (χ0) is 17.0. The van der Waals surface area contributed by atoms with E-state index in [4.69, 9.17) is 0 Å². The smallest absolute Gasteiger partial charge is 0.321 e. The van der Waals surface area contributed by atoms with Crippen LogP contribution in [0.1, 0.15) is 20.3 Å². The molecule has 5 amide bonds. The summed E-state index contributed by atoms with van der Waals surface area (Å²) in [5.74, 6) is -1.67. The van der Waals surface area contributed by atoms with Crippen molar-refractivity contribution >= 4 is 35.1 Å². The quantitative estimate of drug-likeness (QED) is 0.657. The van der Waals surface area contributed by atoms with Crippen LogP contribution in [0.25, 0.3) is 0 Å². The Labute approximate surface area is 133 Å². The molecule has 8 nitrogen and oxygen atoms in total. The lowest BCUT2D eigenvalue weighted by atomic mass is 9.94. The zero-order valence-corrected chi connectivity index (χ0v) is 12.8. The summed E-state index contributed by atoms with van der Waals surface area (Å²) >= 11 is 0. The Balaban J connectivity index is 1.98. The monoisotopic (exact) mass is 318 g/mol. The van der Waals surface area contributed by atoms with Gasteiger partial charge >= 0.3 is 6.03 Å². The molecular formula is C15H18N4O4. The minimum Gasteiger partial charge on any atom is -0.335 e. The van der Waals surface area contributed by atoms with E-state index in [0.717, 1.165) is 0 Å². The number of amides is 5. The second-order valence-electron chi connectivity index (χ2n) is 5.37. The Morgan fingerprint density at radius 3 is 2.43 bits per heavy atom. The summed E-state index contributed by atoms with van der Waals surface area (Å²) in [5.41, 5.74) is 1.07. The molecule has 0 spiro atoms. The topological polar surface area (TPSA) is 116 Å². The van der Waals surface area contributed by atoms with Crippen LogP contribution >= 0.6 is 0 Å². The molecule has 1 aromatic rings. The standard InChI is InChI=1S/C15H18N4O4/c1-8-12(14(22)19-15(23)16-8)7-13(21)18-11-5-3-4-10(6-11)17-9(2)20/h3-6,8,12H,7H2,1-2H3,(H,17,20)(H,18,21)(H2,16,19,22,23). The molecule has 1 aliphatic rings. The molecular weight excluding hydrogens is 300 g/mol. The Hall–Kier alpha value is -2.90. The van der Waals surface area contributed by atoms with E-state index in [2.05, 4.69) is 21.3 Å². The number of imide groups is 1. The Morgan fingerprint density at radius 2 is 1.83 bits per heavy atom. The molecule has 2 rings (SSSR count). The van der Waals surface area contributed by atoms with E-state index in [1.165, 1.54) is 6.92 Å². The molecule has 122 valence electrons. The largest absolute Gasteiger partial charge is 0.335 e. The second-order valence-corrected chi connectivity index (χ2v) is 5.37. The average molecular weight is 318 g/mol. The third kappa shape index (κ3) is 4.53. The van der Waals surface area contributed by atoms with Crippen molar-refractivity contribution in [3.05, 3.63) is 24.3 Å². The minimum atomic E-state index is -0.633. The molecule has 1 heterocycles. The predicted octanol–water partition coefficient (Wildman–Crippen LogP) is 0.818. The fraction of sp³-hybridized carbons (Fsp3) is 0.333. The number of nitrogens with one attached hydrogen (secondary N) is 4. The van der Waals surface area contributed by atoms with Gasteiger partial charge in [-0.2, -0.15) is 0 Å². The molecule has 2 unspecified atom stereocenters. The van der Waals surface area contributed by atoms with Gasteiger partial charge < -0.3 is 16.0 Å². The Kier molecular flexibility index (Phi) is 4.95. The first-order valence-electron chi connectivity index (χ1n) is 7.14. The highest BCUT2D eigenvalue weighted by atomic mass is 16.2. The number of urea groups is 1. The van der Waals surface area contributed by atoms with Crippen LogP contribution < -0.4 is 21.3 Å².